The number of thiocarbonyl (C=S) groups is 1. The Morgan fingerprint density at radius 1 is 0.971 bits per heavy atom. The van der Waals surface area contributed by atoms with Crippen molar-refractivity contribution >= 4 is 23.0 Å². The second-order valence-corrected chi connectivity index (χ2v) is 9.12. The van der Waals surface area contributed by atoms with E-state index in [9.17, 15) is 0 Å². The van der Waals surface area contributed by atoms with Crippen molar-refractivity contribution in [2.45, 2.75) is 39.8 Å². The summed E-state index contributed by atoms with van der Waals surface area (Å²) in [6.07, 6.45) is 3.67. The summed E-state index contributed by atoms with van der Waals surface area (Å²) in [6, 6.07) is 20.3. The summed E-state index contributed by atoms with van der Waals surface area (Å²) in [7, 11) is 0. The molecule has 1 aliphatic heterocycles. The minimum atomic E-state index is -0.103. The van der Waals surface area contributed by atoms with Crippen LogP contribution in [0.25, 0.3) is 5.82 Å². The zero-order valence-corrected chi connectivity index (χ0v) is 21.2. The predicted octanol–water partition coefficient (Wildman–Crippen LogP) is 5.77. The number of ether oxygens (including phenoxy) is 1. The fourth-order valence-electron chi connectivity index (χ4n) is 4.94. The molecule has 0 bridgehead atoms. The first kappa shape index (κ1) is 23.1. The van der Waals surface area contributed by atoms with E-state index in [1.165, 1.54) is 5.56 Å². The number of anilines is 1. The highest BCUT2D eigenvalue weighted by Crippen LogP contribution is 2.44. The van der Waals surface area contributed by atoms with Crippen molar-refractivity contribution in [2.24, 2.45) is 0 Å². The standard InChI is InChI=1S/C28H29N5OS/c1-5-34-22-13-11-21(12-14-22)33-26(25(31-28(33)35)24-10-6-7-15-29-24)23-17-19(3)32(20(23)4)27-18(2)9-8-16-30-27/h6-17,25-26H,5H2,1-4H3,(H,31,35). The van der Waals surface area contributed by atoms with E-state index in [1.54, 1.807) is 0 Å². The van der Waals surface area contributed by atoms with Crippen LogP contribution in [0.1, 0.15) is 47.2 Å². The molecule has 35 heavy (non-hydrogen) atoms. The highest BCUT2D eigenvalue weighted by atomic mass is 32.1. The molecule has 1 aliphatic rings. The van der Waals surface area contributed by atoms with Gasteiger partial charge in [0.2, 0.25) is 0 Å². The molecular formula is C28H29N5OS. The number of aryl methyl sites for hydroxylation is 2. The Balaban J connectivity index is 1.65. The summed E-state index contributed by atoms with van der Waals surface area (Å²) < 4.78 is 7.90. The Hall–Kier alpha value is -3.71. The van der Waals surface area contributed by atoms with Gasteiger partial charge in [0.15, 0.2) is 5.11 Å². The quantitative estimate of drug-likeness (QED) is 0.352. The van der Waals surface area contributed by atoms with Crippen LogP contribution in [0.2, 0.25) is 0 Å². The highest BCUT2D eigenvalue weighted by molar-refractivity contribution is 7.80. The smallest absolute Gasteiger partial charge is 0.174 e. The molecule has 1 aromatic carbocycles. The summed E-state index contributed by atoms with van der Waals surface area (Å²) >= 11 is 5.89. The number of nitrogens with zero attached hydrogens (tertiary/aromatic N) is 4. The average molecular weight is 484 g/mol. The minimum Gasteiger partial charge on any atom is -0.494 e. The third kappa shape index (κ3) is 4.17. The van der Waals surface area contributed by atoms with Gasteiger partial charge in [-0.1, -0.05) is 12.1 Å². The second kappa shape index (κ2) is 9.50. The summed E-state index contributed by atoms with van der Waals surface area (Å²) in [5, 5.41) is 4.23. The van der Waals surface area contributed by atoms with Gasteiger partial charge < -0.3 is 19.5 Å². The van der Waals surface area contributed by atoms with Gasteiger partial charge in [-0.15, -0.1) is 0 Å². The van der Waals surface area contributed by atoms with Crippen LogP contribution in [0, 0.1) is 20.8 Å². The van der Waals surface area contributed by atoms with Crippen LogP contribution < -0.4 is 15.0 Å². The fourth-order valence-corrected chi connectivity index (χ4v) is 5.29. The molecule has 0 spiro atoms. The van der Waals surface area contributed by atoms with E-state index in [1.807, 2.05) is 49.6 Å². The van der Waals surface area contributed by atoms with E-state index in [2.05, 4.69) is 75.9 Å². The number of aromatic nitrogens is 3. The maximum absolute atomic E-state index is 5.89. The number of nitrogens with one attached hydrogen (secondary N) is 1. The van der Waals surface area contributed by atoms with Crippen LogP contribution in [0.3, 0.4) is 0 Å². The molecule has 0 saturated carbocycles. The first-order chi connectivity index (χ1) is 17.0. The van der Waals surface area contributed by atoms with Crippen molar-refractivity contribution in [3.63, 3.8) is 0 Å². The molecule has 1 fully saturated rings. The van der Waals surface area contributed by atoms with E-state index >= 15 is 0 Å². The number of pyridine rings is 2. The molecule has 2 atom stereocenters. The highest BCUT2D eigenvalue weighted by Gasteiger charge is 2.42. The molecule has 0 amide bonds. The molecule has 2 unspecified atom stereocenters. The topological polar surface area (TPSA) is 55.2 Å². The summed E-state index contributed by atoms with van der Waals surface area (Å²) in [5.41, 5.74) is 6.54. The Bertz CT molecular complexity index is 1350. The van der Waals surface area contributed by atoms with Crippen molar-refractivity contribution < 1.29 is 4.74 Å². The maximum Gasteiger partial charge on any atom is 0.174 e. The van der Waals surface area contributed by atoms with E-state index in [0.717, 1.165) is 39.9 Å². The van der Waals surface area contributed by atoms with Crippen molar-refractivity contribution in [2.75, 3.05) is 11.5 Å². The molecule has 4 heterocycles. The molecule has 6 nitrogen and oxygen atoms in total. The zero-order chi connectivity index (χ0) is 24.5. The summed E-state index contributed by atoms with van der Waals surface area (Å²) in [5.74, 6) is 1.79. The number of hydrogen-bond acceptors (Lipinski definition) is 4. The van der Waals surface area contributed by atoms with Crippen molar-refractivity contribution in [1.82, 2.24) is 19.9 Å². The average Bonchev–Trinajstić information content (AvgIpc) is 3.36. The molecule has 178 valence electrons. The number of hydrogen-bond donors (Lipinski definition) is 1. The molecule has 7 heteroatoms. The monoisotopic (exact) mass is 483 g/mol. The van der Waals surface area contributed by atoms with Gasteiger partial charge in [-0.3, -0.25) is 4.98 Å². The molecular weight excluding hydrogens is 454 g/mol. The van der Waals surface area contributed by atoms with Crippen LogP contribution in [0.4, 0.5) is 5.69 Å². The van der Waals surface area contributed by atoms with E-state index in [-0.39, 0.29) is 12.1 Å². The first-order valence-electron chi connectivity index (χ1n) is 11.8. The molecule has 3 aromatic heterocycles. The van der Waals surface area contributed by atoms with Crippen molar-refractivity contribution in [3.05, 3.63) is 101 Å². The Kier molecular flexibility index (Phi) is 6.26. The van der Waals surface area contributed by atoms with Gasteiger partial charge in [-0.05, 0) is 99.6 Å². The van der Waals surface area contributed by atoms with Crippen molar-refractivity contribution in [3.8, 4) is 11.6 Å². The SMILES string of the molecule is CCOc1ccc(N2C(=S)NC(c3ccccn3)C2c2cc(C)n(-c3ncccc3C)c2C)cc1. The molecule has 5 rings (SSSR count). The number of benzene rings is 1. The third-order valence-corrected chi connectivity index (χ3v) is 6.82. The Morgan fingerprint density at radius 2 is 1.74 bits per heavy atom. The largest absolute Gasteiger partial charge is 0.494 e. The first-order valence-corrected chi connectivity index (χ1v) is 12.2. The molecule has 4 aromatic rings. The maximum atomic E-state index is 5.89. The molecule has 0 radical (unpaired) electrons. The third-order valence-electron chi connectivity index (χ3n) is 6.51. The lowest BCUT2D eigenvalue weighted by atomic mass is 9.96. The lowest BCUT2D eigenvalue weighted by Crippen LogP contribution is -2.29. The molecule has 1 N–H and O–H groups in total. The predicted molar refractivity (Wildman–Crippen MR) is 143 cm³/mol. The van der Waals surface area contributed by atoms with Gasteiger partial charge in [-0.2, -0.15) is 0 Å². The van der Waals surface area contributed by atoms with Crippen LogP contribution >= 0.6 is 12.2 Å². The molecule has 0 aliphatic carbocycles. The van der Waals surface area contributed by atoms with Gasteiger partial charge in [0.1, 0.15) is 11.6 Å². The van der Waals surface area contributed by atoms with Gasteiger partial charge in [0.25, 0.3) is 0 Å². The summed E-state index contributed by atoms with van der Waals surface area (Å²) in [6.45, 7) is 8.99. The Labute approximate surface area is 211 Å². The van der Waals surface area contributed by atoms with Gasteiger partial charge in [-0.25, -0.2) is 4.98 Å². The second-order valence-electron chi connectivity index (χ2n) is 8.73. The molecule has 1 saturated heterocycles. The van der Waals surface area contributed by atoms with E-state index in [4.69, 9.17) is 17.0 Å². The minimum absolute atomic E-state index is 0.0840. The van der Waals surface area contributed by atoms with Crippen LogP contribution in [-0.2, 0) is 0 Å². The van der Waals surface area contributed by atoms with Crippen LogP contribution in [0.5, 0.6) is 5.75 Å². The Morgan fingerprint density at radius 3 is 2.43 bits per heavy atom. The van der Waals surface area contributed by atoms with Crippen LogP contribution in [0.15, 0.2) is 73.1 Å². The lowest BCUT2D eigenvalue weighted by molar-refractivity contribution is 0.340. The van der Waals surface area contributed by atoms with Crippen molar-refractivity contribution in [1.29, 1.82) is 0 Å². The normalized spacial score (nSPS) is 17.5. The fraction of sp³-hybridized carbons (Fsp3) is 0.250. The van der Waals surface area contributed by atoms with Gasteiger partial charge >= 0.3 is 0 Å². The lowest BCUT2D eigenvalue weighted by Gasteiger charge is -2.28. The van der Waals surface area contributed by atoms with E-state index in [0.29, 0.717) is 11.7 Å². The van der Waals surface area contributed by atoms with Crippen LogP contribution in [-0.4, -0.2) is 26.3 Å². The van der Waals surface area contributed by atoms with Gasteiger partial charge in [0, 0.05) is 29.5 Å². The van der Waals surface area contributed by atoms with Gasteiger partial charge in [0.05, 0.1) is 24.4 Å². The van der Waals surface area contributed by atoms with E-state index < -0.39 is 0 Å². The zero-order valence-electron chi connectivity index (χ0n) is 20.4. The summed E-state index contributed by atoms with van der Waals surface area (Å²) in [4.78, 5) is 11.6. The number of rotatable bonds is 6.